The Hall–Kier alpha value is -2.45. The number of nitrogens with one attached hydrogen (secondary N) is 1. The molecule has 3 fully saturated rings. The Morgan fingerprint density at radius 1 is 1.11 bits per heavy atom. The number of esters is 1. The van der Waals surface area contributed by atoms with Crippen LogP contribution < -0.4 is 5.32 Å². The molecule has 3 aliphatic rings. The molecule has 0 spiro atoms. The van der Waals surface area contributed by atoms with Crippen LogP contribution in [0.25, 0.3) is 0 Å². The number of rotatable bonds is 12. The van der Waals surface area contributed by atoms with Crippen LogP contribution in [0.4, 0.5) is 0 Å². The number of nitrogens with zero attached hydrogens (tertiary/aromatic N) is 1. The van der Waals surface area contributed by atoms with Gasteiger partial charge in [0.05, 0.1) is 33.0 Å². The molecule has 1 aromatic carbocycles. The molecule has 2 saturated carbocycles. The summed E-state index contributed by atoms with van der Waals surface area (Å²) in [6.45, 7) is 4.99. The molecular weight excluding hydrogens is 472 g/mol. The van der Waals surface area contributed by atoms with Crippen molar-refractivity contribution in [2.75, 3.05) is 39.5 Å². The molecular formula is C29H42N2O6. The molecule has 2 aliphatic carbocycles. The van der Waals surface area contributed by atoms with Gasteiger partial charge < -0.3 is 24.4 Å². The van der Waals surface area contributed by atoms with Gasteiger partial charge in [0.2, 0.25) is 11.8 Å². The highest BCUT2D eigenvalue weighted by atomic mass is 16.5. The van der Waals surface area contributed by atoms with Crippen LogP contribution in [0.5, 0.6) is 0 Å². The van der Waals surface area contributed by atoms with Crippen LogP contribution in [0.15, 0.2) is 30.3 Å². The molecule has 1 aliphatic heterocycles. The predicted molar refractivity (Wildman–Crippen MR) is 138 cm³/mol. The summed E-state index contributed by atoms with van der Waals surface area (Å²) in [7, 11) is 0. The van der Waals surface area contributed by atoms with Crippen LogP contribution in [-0.2, 0) is 35.2 Å². The minimum Gasteiger partial charge on any atom is -0.464 e. The van der Waals surface area contributed by atoms with Gasteiger partial charge in [-0.15, -0.1) is 0 Å². The van der Waals surface area contributed by atoms with Crippen molar-refractivity contribution in [1.29, 1.82) is 0 Å². The Kier molecular flexibility index (Phi) is 9.97. The van der Waals surface area contributed by atoms with Gasteiger partial charge in [-0.1, -0.05) is 62.4 Å². The summed E-state index contributed by atoms with van der Waals surface area (Å²) in [5, 5.41) is 3.06. The molecule has 1 N–H and O–H groups in total. The second-order valence-corrected chi connectivity index (χ2v) is 10.7. The largest absolute Gasteiger partial charge is 0.464 e. The summed E-state index contributed by atoms with van der Waals surface area (Å²) >= 11 is 0. The lowest BCUT2D eigenvalue weighted by molar-refractivity contribution is -0.150. The molecule has 1 heterocycles. The molecule has 0 aromatic heterocycles. The molecule has 37 heavy (non-hydrogen) atoms. The zero-order valence-electron chi connectivity index (χ0n) is 22.1. The van der Waals surface area contributed by atoms with Gasteiger partial charge >= 0.3 is 5.97 Å². The maximum absolute atomic E-state index is 13.7. The van der Waals surface area contributed by atoms with Gasteiger partial charge in [-0.05, 0) is 31.2 Å². The highest BCUT2D eigenvalue weighted by molar-refractivity contribution is 5.93. The molecule has 0 bridgehead atoms. The van der Waals surface area contributed by atoms with E-state index >= 15 is 0 Å². The summed E-state index contributed by atoms with van der Waals surface area (Å²) in [6.07, 6.45) is 7.08. The number of benzene rings is 1. The quantitative estimate of drug-likeness (QED) is 0.429. The molecule has 8 nitrogen and oxygen atoms in total. The lowest BCUT2D eigenvalue weighted by atomic mass is 9.81. The van der Waals surface area contributed by atoms with E-state index in [-0.39, 0.29) is 30.8 Å². The highest BCUT2D eigenvalue weighted by Crippen LogP contribution is 2.45. The van der Waals surface area contributed by atoms with E-state index < -0.39 is 17.4 Å². The van der Waals surface area contributed by atoms with Crippen molar-refractivity contribution in [3.8, 4) is 0 Å². The first-order chi connectivity index (χ1) is 18.0. The minimum atomic E-state index is -1.07. The first-order valence-electron chi connectivity index (χ1n) is 14.0. The first kappa shape index (κ1) is 27.6. The molecule has 1 unspecified atom stereocenters. The number of amides is 2. The van der Waals surface area contributed by atoms with Crippen LogP contribution in [0.2, 0.25) is 0 Å². The average molecular weight is 515 g/mol. The maximum atomic E-state index is 13.7. The second kappa shape index (κ2) is 13.4. The normalized spacial score (nSPS) is 24.8. The lowest BCUT2D eigenvalue weighted by Crippen LogP contribution is -2.50. The Balaban J connectivity index is 1.40. The van der Waals surface area contributed by atoms with Crippen LogP contribution in [0.1, 0.15) is 63.9 Å². The van der Waals surface area contributed by atoms with E-state index in [0.29, 0.717) is 58.3 Å². The molecule has 0 radical (unpaired) electrons. The minimum absolute atomic E-state index is 0.0111. The number of carbonyl (C=O) groups is 3. The summed E-state index contributed by atoms with van der Waals surface area (Å²) in [6, 6.07) is 9.87. The fourth-order valence-electron chi connectivity index (χ4n) is 5.72. The summed E-state index contributed by atoms with van der Waals surface area (Å²) in [5.41, 5.74) is -0.0144. The third kappa shape index (κ3) is 7.54. The van der Waals surface area contributed by atoms with Crippen molar-refractivity contribution in [1.82, 2.24) is 10.2 Å². The smallest absolute Gasteiger partial charge is 0.332 e. The Labute approximate surface area is 220 Å². The van der Waals surface area contributed by atoms with Crippen LogP contribution in [0, 0.1) is 17.8 Å². The molecule has 204 valence electrons. The molecule has 8 heteroatoms. The van der Waals surface area contributed by atoms with Crippen molar-refractivity contribution in [2.45, 2.75) is 70.4 Å². The first-order valence-corrected chi connectivity index (χ1v) is 14.0. The van der Waals surface area contributed by atoms with E-state index in [2.05, 4.69) is 5.32 Å². The Morgan fingerprint density at radius 2 is 1.84 bits per heavy atom. The van der Waals surface area contributed by atoms with Gasteiger partial charge in [0.15, 0.2) is 0 Å². The van der Waals surface area contributed by atoms with Crippen molar-refractivity contribution in [3.05, 3.63) is 35.9 Å². The predicted octanol–water partition coefficient (Wildman–Crippen LogP) is 3.48. The molecule has 2 amide bonds. The van der Waals surface area contributed by atoms with Crippen LogP contribution in [-0.4, -0.2) is 67.7 Å². The fourth-order valence-corrected chi connectivity index (χ4v) is 5.72. The van der Waals surface area contributed by atoms with Crippen LogP contribution in [0.3, 0.4) is 0 Å². The maximum Gasteiger partial charge on any atom is 0.332 e. The second-order valence-electron chi connectivity index (χ2n) is 10.7. The SMILES string of the molecule is CCOC(=O)[C@]1(NC(=O)C(CC(=O)N2CCOCC2)CC2CCCCC2)C[C@H]1COCc1ccccc1. The van der Waals surface area contributed by atoms with Crippen molar-refractivity contribution in [2.24, 2.45) is 17.8 Å². The van der Waals surface area contributed by atoms with E-state index in [1.54, 1.807) is 11.8 Å². The van der Waals surface area contributed by atoms with Gasteiger partial charge in [0, 0.05) is 31.3 Å². The number of ether oxygens (including phenoxy) is 3. The summed E-state index contributed by atoms with van der Waals surface area (Å²) < 4.78 is 16.7. The number of hydrogen-bond acceptors (Lipinski definition) is 6. The van der Waals surface area contributed by atoms with E-state index in [0.717, 1.165) is 18.4 Å². The van der Waals surface area contributed by atoms with Crippen molar-refractivity contribution >= 4 is 17.8 Å². The van der Waals surface area contributed by atoms with Crippen LogP contribution >= 0.6 is 0 Å². The van der Waals surface area contributed by atoms with E-state index in [4.69, 9.17) is 14.2 Å². The third-order valence-corrected chi connectivity index (χ3v) is 8.02. The lowest BCUT2D eigenvalue weighted by Gasteiger charge is -2.31. The molecule has 1 aromatic rings. The van der Waals surface area contributed by atoms with Gasteiger partial charge in [-0.2, -0.15) is 0 Å². The standard InChI is InChI=1S/C29H42N2O6/c1-2-37-28(34)29(19-25(29)21-36-20-23-11-7-4-8-12-23)30-27(33)24(17-22-9-5-3-6-10-22)18-26(32)31-13-15-35-16-14-31/h4,7-8,11-12,22,24-25H,2-3,5-6,9-10,13-21H2,1H3,(H,30,33)/t24?,25-,29-/m0/s1. The third-order valence-electron chi connectivity index (χ3n) is 8.02. The molecule has 4 rings (SSSR count). The van der Waals surface area contributed by atoms with Gasteiger partial charge in [-0.3, -0.25) is 9.59 Å². The van der Waals surface area contributed by atoms with Crippen molar-refractivity contribution < 1.29 is 28.6 Å². The average Bonchev–Trinajstić information content (AvgIpc) is 3.63. The fraction of sp³-hybridized carbons (Fsp3) is 0.690. The molecule has 1 saturated heterocycles. The zero-order valence-corrected chi connectivity index (χ0v) is 22.1. The Morgan fingerprint density at radius 3 is 2.54 bits per heavy atom. The van der Waals surface area contributed by atoms with E-state index in [1.807, 2.05) is 30.3 Å². The number of morpholine rings is 1. The Bertz CT molecular complexity index is 897. The van der Waals surface area contributed by atoms with Gasteiger partial charge in [-0.25, -0.2) is 4.79 Å². The topological polar surface area (TPSA) is 94.2 Å². The molecule has 3 atom stereocenters. The van der Waals surface area contributed by atoms with Gasteiger partial charge in [0.25, 0.3) is 0 Å². The zero-order chi connectivity index (χ0) is 26.1. The number of hydrogen-bond donors (Lipinski definition) is 1. The highest BCUT2D eigenvalue weighted by Gasteiger charge is 2.62. The summed E-state index contributed by atoms with van der Waals surface area (Å²) in [4.78, 5) is 41.6. The summed E-state index contributed by atoms with van der Waals surface area (Å²) in [5.74, 6) is -0.813. The van der Waals surface area contributed by atoms with Crippen molar-refractivity contribution in [3.63, 3.8) is 0 Å². The van der Waals surface area contributed by atoms with E-state index in [9.17, 15) is 14.4 Å². The van der Waals surface area contributed by atoms with Gasteiger partial charge in [0.1, 0.15) is 5.54 Å². The number of carbonyl (C=O) groups excluding carboxylic acids is 3. The monoisotopic (exact) mass is 514 g/mol. The van der Waals surface area contributed by atoms with E-state index in [1.165, 1.54) is 19.3 Å².